The summed E-state index contributed by atoms with van der Waals surface area (Å²) in [4.78, 5) is 30.1. The van der Waals surface area contributed by atoms with Crippen LogP contribution in [0.3, 0.4) is 0 Å². The molecule has 1 atom stereocenters. The number of ketones is 1. The van der Waals surface area contributed by atoms with Crippen molar-refractivity contribution in [3.8, 4) is 0 Å². The van der Waals surface area contributed by atoms with E-state index in [1.54, 1.807) is 0 Å². The van der Waals surface area contributed by atoms with Gasteiger partial charge in [-0.1, -0.05) is 48.5 Å². The van der Waals surface area contributed by atoms with Crippen LogP contribution in [0.4, 0.5) is 0 Å². The minimum absolute atomic E-state index is 0.108. The van der Waals surface area contributed by atoms with Gasteiger partial charge in [-0.25, -0.2) is 0 Å². The third-order valence-corrected chi connectivity index (χ3v) is 1.91. The van der Waals surface area contributed by atoms with Crippen LogP contribution < -0.4 is 5.32 Å². The first kappa shape index (κ1) is 28.7. The molecular formula is C17H37NO4. The molecule has 0 aromatic carbocycles. The van der Waals surface area contributed by atoms with E-state index in [0.717, 1.165) is 6.42 Å². The predicted molar refractivity (Wildman–Crippen MR) is 92.7 cm³/mol. The van der Waals surface area contributed by atoms with Crippen LogP contribution in [0.1, 0.15) is 75.2 Å². The molecule has 22 heavy (non-hydrogen) atoms. The van der Waals surface area contributed by atoms with Gasteiger partial charge >= 0.3 is 0 Å². The Kier molecular flexibility index (Phi) is 32.1. The monoisotopic (exact) mass is 319 g/mol. The van der Waals surface area contributed by atoms with Gasteiger partial charge in [0.2, 0.25) is 5.91 Å². The highest BCUT2D eigenvalue weighted by atomic mass is 16.5. The van der Waals surface area contributed by atoms with Gasteiger partial charge in [0.25, 0.3) is 6.47 Å². The van der Waals surface area contributed by atoms with Crippen molar-refractivity contribution in [2.24, 2.45) is 5.92 Å². The molecule has 134 valence electrons. The zero-order valence-electron chi connectivity index (χ0n) is 16.0. The van der Waals surface area contributed by atoms with Crippen LogP contribution in [0.5, 0.6) is 0 Å². The van der Waals surface area contributed by atoms with Gasteiger partial charge in [0.1, 0.15) is 6.61 Å². The van der Waals surface area contributed by atoms with Crippen LogP contribution >= 0.6 is 0 Å². The molecule has 1 N–H and O–H groups in total. The van der Waals surface area contributed by atoms with Crippen molar-refractivity contribution in [2.75, 3.05) is 6.61 Å². The lowest BCUT2D eigenvalue weighted by Gasteiger charge is -2.14. The fourth-order valence-electron chi connectivity index (χ4n) is 1.29. The molecule has 0 saturated carbocycles. The lowest BCUT2D eigenvalue weighted by molar-refractivity contribution is -0.135. The van der Waals surface area contributed by atoms with Crippen LogP contribution in [0.25, 0.3) is 0 Å². The minimum atomic E-state index is -0.146. The molecule has 0 aliphatic heterocycles. The topological polar surface area (TPSA) is 72.5 Å². The third-order valence-electron chi connectivity index (χ3n) is 1.91. The second-order valence-electron chi connectivity index (χ2n) is 4.56. The molecular weight excluding hydrogens is 282 g/mol. The molecule has 5 heteroatoms. The first-order chi connectivity index (χ1) is 10.3. The van der Waals surface area contributed by atoms with Crippen molar-refractivity contribution in [1.82, 2.24) is 5.32 Å². The SMILES string of the molecule is CC.CC.CC(=O)COC=O.CCC(=O)NC(C)CC(C)C. The molecule has 0 aliphatic carbocycles. The molecule has 0 aliphatic rings. The smallest absolute Gasteiger partial charge is 0.293 e. The number of amides is 1. The number of carbonyl (C=O) groups excluding carboxylic acids is 3. The average Bonchev–Trinajstić information content (AvgIpc) is 2.48. The van der Waals surface area contributed by atoms with Crippen LogP contribution in [0, 0.1) is 5.92 Å². The van der Waals surface area contributed by atoms with Gasteiger partial charge in [0.05, 0.1) is 0 Å². The van der Waals surface area contributed by atoms with E-state index in [2.05, 4.69) is 23.9 Å². The Morgan fingerprint density at radius 3 is 1.77 bits per heavy atom. The highest BCUT2D eigenvalue weighted by Crippen LogP contribution is 2.03. The largest absolute Gasteiger partial charge is 0.460 e. The van der Waals surface area contributed by atoms with E-state index in [9.17, 15) is 14.4 Å². The summed E-state index contributed by atoms with van der Waals surface area (Å²) in [6.45, 7) is 17.7. The lowest BCUT2D eigenvalue weighted by atomic mass is 10.1. The molecule has 0 aromatic rings. The second kappa shape index (κ2) is 24.6. The molecule has 0 rings (SSSR count). The Morgan fingerprint density at radius 1 is 1.09 bits per heavy atom. The highest BCUT2D eigenvalue weighted by molar-refractivity contribution is 5.77. The fraction of sp³-hybridized carbons (Fsp3) is 0.824. The minimum Gasteiger partial charge on any atom is -0.460 e. The molecule has 0 saturated heterocycles. The van der Waals surface area contributed by atoms with E-state index in [4.69, 9.17) is 0 Å². The van der Waals surface area contributed by atoms with E-state index in [-0.39, 0.29) is 24.8 Å². The van der Waals surface area contributed by atoms with Crippen LogP contribution in [0.2, 0.25) is 0 Å². The molecule has 0 radical (unpaired) electrons. The lowest BCUT2D eigenvalue weighted by Crippen LogP contribution is -2.32. The predicted octanol–water partition coefficient (Wildman–Crippen LogP) is 3.75. The Bertz CT molecular complexity index is 253. The van der Waals surface area contributed by atoms with Gasteiger partial charge in [-0.3, -0.25) is 14.4 Å². The van der Waals surface area contributed by atoms with E-state index in [0.29, 0.717) is 18.4 Å². The summed E-state index contributed by atoms with van der Waals surface area (Å²) in [7, 11) is 0. The fourth-order valence-corrected chi connectivity index (χ4v) is 1.29. The zero-order valence-corrected chi connectivity index (χ0v) is 16.0. The number of hydrogen-bond acceptors (Lipinski definition) is 4. The van der Waals surface area contributed by atoms with Gasteiger partial charge in [-0.05, 0) is 26.2 Å². The number of carbonyl (C=O) groups is 3. The van der Waals surface area contributed by atoms with Crippen molar-refractivity contribution < 1.29 is 19.1 Å². The molecule has 0 fully saturated rings. The molecule has 5 nitrogen and oxygen atoms in total. The quantitative estimate of drug-likeness (QED) is 0.725. The number of ether oxygens (including phenoxy) is 1. The van der Waals surface area contributed by atoms with Gasteiger partial charge in [0.15, 0.2) is 5.78 Å². The van der Waals surface area contributed by atoms with E-state index in [1.807, 2.05) is 41.5 Å². The van der Waals surface area contributed by atoms with Crippen LogP contribution in [0.15, 0.2) is 0 Å². The van der Waals surface area contributed by atoms with Gasteiger partial charge in [-0.2, -0.15) is 0 Å². The number of hydrogen-bond donors (Lipinski definition) is 1. The summed E-state index contributed by atoms with van der Waals surface area (Å²) >= 11 is 0. The normalized spacial score (nSPS) is 9.55. The summed E-state index contributed by atoms with van der Waals surface area (Å²) < 4.78 is 4.06. The summed E-state index contributed by atoms with van der Waals surface area (Å²) in [6, 6.07) is 0.322. The standard InChI is InChI=1S/C9H19NO.C4H6O3.2C2H6/c1-5-9(11)10-8(4)6-7(2)3;1-4(6)2-7-3-5;2*1-2/h7-8H,5-6H2,1-4H3,(H,10,11);3H,2H2,1H3;2*1-2H3. The Morgan fingerprint density at radius 2 is 1.55 bits per heavy atom. The van der Waals surface area contributed by atoms with Crippen molar-refractivity contribution in [3.63, 3.8) is 0 Å². The summed E-state index contributed by atoms with van der Waals surface area (Å²) in [5, 5.41) is 2.92. The maximum absolute atomic E-state index is 10.9. The molecule has 0 spiro atoms. The highest BCUT2D eigenvalue weighted by Gasteiger charge is 2.06. The van der Waals surface area contributed by atoms with Crippen molar-refractivity contribution >= 4 is 18.2 Å². The number of rotatable bonds is 7. The van der Waals surface area contributed by atoms with E-state index in [1.165, 1.54) is 6.92 Å². The maximum atomic E-state index is 10.9. The van der Waals surface area contributed by atoms with Gasteiger partial charge < -0.3 is 10.1 Å². The average molecular weight is 319 g/mol. The van der Waals surface area contributed by atoms with E-state index < -0.39 is 0 Å². The number of nitrogens with one attached hydrogen (secondary N) is 1. The van der Waals surface area contributed by atoms with Crippen molar-refractivity contribution in [1.29, 1.82) is 0 Å². The van der Waals surface area contributed by atoms with Gasteiger partial charge in [0, 0.05) is 12.5 Å². The second-order valence-corrected chi connectivity index (χ2v) is 4.56. The molecule has 0 heterocycles. The van der Waals surface area contributed by atoms with Crippen LogP contribution in [-0.2, 0) is 19.1 Å². The summed E-state index contributed by atoms with van der Waals surface area (Å²) in [5.41, 5.74) is 0. The molecule has 1 amide bonds. The number of Topliss-reactive ketones (excluding diaryl/α,β-unsaturated/α-hetero) is 1. The first-order valence-corrected chi connectivity index (χ1v) is 8.17. The Hall–Kier alpha value is -1.39. The van der Waals surface area contributed by atoms with Crippen molar-refractivity contribution in [2.45, 2.75) is 81.2 Å². The maximum Gasteiger partial charge on any atom is 0.293 e. The first-order valence-electron chi connectivity index (χ1n) is 8.17. The third kappa shape index (κ3) is 36.3. The Labute approximate surface area is 137 Å². The summed E-state index contributed by atoms with van der Waals surface area (Å²) in [5.74, 6) is 0.660. The molecule has 0 aromatic heterocycles. The molecule has 0 bridgehead atoms. The summed E-state index contributed by atoms with van der Waals surface area (Å²) in [6.07, 6.45) is 1.65. The van der Waals surface area contributed by atoms with E-state index >= 15 is 0 Å². The zero-order chi connectivity index (χ0) is 18.6. The Balaban J connectivity index is -0.000000127. The van der Waals surface area contributed by atoms with Gasteiger partial charge in [-0.15, -0.1) is 0 Å². The van der Waals surface area contributed by atoms with Crippen LogP contribution in [-0.4, -0.2) is 30.8 Å². The molecule has 1 unspecified atom stereocenters. The van der Waals surface area contributed by atoms with Crippen molar-refractivity contribution in [3.05, 3.63) is 0 Å².